The Labute approximate surface area is 135 Å². The molecule has 1 fully saturated rings. The minimum absolute atomic E-state index is 0.0436. The summed E-state index contributed by atoms with van der Waals surface area (Å²) in [5.41, 5.74) is 0. The lowest BCUT2D eigenvalue weighted by atomic mass is 10.0. The second kappa shape index (κ2) is 7.34. The van der Waals surface area contributed by atoms with E-state index < -0.39 is 6.10 Å². The molecule has 1 aromatic rings. The molecule has 1 N–H and O–H groups in total. The molecule has 6 heteroatoms. The van der Waals surface area contributed by atoms with E-state index in [1.54, 1.807) is 30.0 Å². The fraction of sp³-hybridized carbons (Fsp3) is 0.533. The monoisotopic (exact) mass is 330 g/mol. The summed E-state index contributed by atoms with van der Waals surface area (Å²) in [6.07, 6.45) is 1.33. The second-order valence-electron chi connectivity index (χ2n) is 5.24. The molecule has 1 unspecified atom stereocenters. The van der Waals surface area contributed by atoms with Crippen molar-refractivity contribution in [2.24, 2.45) is 0 Å². The number of hydrogen-bond acceptors (Lipinski definition) is 3. The molecule has 21 heavy (non-hydrogen) atoms. The van der Waals surface area contributed by atoms with E-state index >= 15 is 0 Å². The van der Waals surface area contributed by atoms with Crippen molar-refractivity contribution in [3.05, 3.63) is 28.2 Å². The van der Waals surface area contributed by atoms with Crippen molar-refractivity contribution >= 4 is 29.1 Å². The van der Waals surface area contributed by atoms with Gasteiger partial charge in [0.2, 0.25) is 0 Å². The number of carbonyl (C=O) groups is 1. The molecule has 0 bridgehead atoms. The zero-order chi connectivity index (χ0) is 15.4. The van der Waals surface area contributed by atoms with Crippen LogP contribution < -0.4 is 10.1 Å². The van der Waals surface area contributed by atoms with Crippen LogP contribution in [0.5, 0.6) is 5.75 Å². The first-order valence-electron chi connectivity index (χ1n) is 7.08. The molecule has 1 atom stereocenters. The first kappa shape index (κ1) is 16.4. The summed E-state index contributed by atoms with van der Waals surface area (Å²) in [5.74, 6) is 0.390. The number of piperidine rings is 1. The number of benzene rings is 1. The van der Waals surface area contributed by atoms with Crippen molar-refractivity contribution in [1.29, 1.82) is 0 Å². The van der Waals surface area contributed by atoms with Crippen LogP contribution in [0.25, 0.3) is 0 Å². The molecule has 0 aromatic heterocycles. The van der Waals surface area contributed by atoms with Crippen LogP contribution in [-0.2, 0) is 4.79 Å². The van der Waals surface area contributed by atoms with E-state index in [1.807, 2.05) is 7.05 Å². The van der Waals surface area contributed by atoms with Crippen LogP contribution in [0.4, 0.5) is 0 Å². The van der Waals surface area contributed by atoms with Gasteiger partial charge in [0, 0.05) is 13.1 Å². The van der Waals surface area contributed by atoms with Crippen LogP contribution in [-0.4, -0.2) is 43.1 Å². The lowest BCUT2D eigenvalue weighted by molar-refractivity contribution is -0.139. The molecule has 1 saturated heterocycles. The second-order valence-corrected chi connectivity index (χ2v) is 6.03. The highest BCUT2D eigenvalue weighted by molar-refractivity contribution is 6.42. The Balaban J connectivity index is 2.00. The van der Waals surface area contributed by atoms with E-state index in [-0.39, 0.29) is 11.9 Å². The van der Waals surface area contributed by atoms with Gasteiger partial charge in [-0.25, -0.2) is 0 Å². The molecular formula is C15H20Cl2N2O2. The first-order chi connectivity index (χ1) is 10.0. The van der Waals surface area contributed by atoms with Crippen LogP contribution in [0.3, 0.4) is 0 Å². The van der Waals surface area contributed by atoms with E-state index in [0.717, 1.165) is 25.9 Å². The topological polar surface area (TPSA) is 41.6 Å². The third kappa shape index (κ3) is 4.02. The molecule has 1 aliphatic heterocycles. The quantitative estimate of drug-likeness (QED) is 0.922. The van der Waals surface area contributed by atoms with E-state index in [2.05, 4.69) is 5.32 Å². The Morgan fingerprint density at radius 2 is 2.05 bits per heavy atom. The Bertz CT molecular complexity index is 504. The van der Waals surface area contributed by atoms with Gasteiger partial charge in [0.25, 0.3) is 5.91 Å². The van der Waals surface area contributed by atoms with Gasteiger partial charge in [-0.05, 0) is 45.0 Å². The van der Waals surface area contributed by atoms with Gasteiger partial charge in [0.05, 0.1) is 5.02 Å². The third-order valence-corrected chi connectivity index (χ3v) is 4.57. The summed E-state index contributed by atoms with van der Waals surface area (Å²) in [5, 5.41) is 4.04. The summed E-state index contributed by atoms with van der Waals surface area (Å²) < 4.78 is 5.68. The number of hydrogen-bond donors (Lipinski definition) is 1. The van der Waals surface area contributed by atoms with Crippen molar-refractivity contribution in [1.82, 2.24) is 10.2 Å². The maximum atomic E-state index is 12.4. The molecule has 116 valence electrons. The maximum Gasteiger partial charge on any atom is 0.263 e. The number of halogens is 2. The van der Waals surface area contributed by atoms with Gasteiger partial charge in [-0.1, -0.05) is 29.3 Å². The van der Waals surface area contributed by atoms with Crippen LogP contribution in [0.15, 0.2) is 18.2 Å². The molecule has 1 amide bonds. The summed E-state index contributed by atoms with van der Waals surface area (Å²) in [7, 11) is 1.83. The normalized spacial score (nSPS) is 17.3. The van der Waals surface area contributed by atoms with E-state index in [0.29, 0.717) is 15.8 Å². The molecule has 0 aliphatic carbocycles. The number of nitrogens with zero attached hydrogens (tertiary/aromatic N) is 1. The van der Waals surface area contributed by atoms with Crippen molar-refractivity contribution in [2.45, 2.75) is 31.9 Å². The number of ether oxygens (including phenoxy) is 1. The average Bonchev–Trinajstić information content (AvgIpc) is 2.51. The minimum atomic E-state index is -0.596. The van der Waals surface area contributed by atoms with E-state index in [9.17, 15) is 4.79 Å². The smallest absolute Gasteiger partial charge is 0.263 e. The fourth-order valence-corrected chi connectivity index (χ4v) is 2.81. The predicted octanol–water partition coefficient (Wildman–Crippen LogP) is 2.97. The van der Waals surface area contributed by atoms with Crippen LogP contribution in [0.1, 0.15) is 19.8 Å². The summed E-state index contributed by atoms with van der Waals surface area (Å²) in [6.45, 7) is 3.62. The Morgan fingerprint density at radius 3 is 2.71 bits per heavy atom. The minimum Gasteiger partial charge on any atom is -0.479 e. The highest BCUT2D eigenvalue weighted by atomic mass is 35.5. The third-order valence-electron chi connectivity index (χ3n) is 3.77. The largest absolute Gasteiger partial charge is 0.479 e. The number of likely N-dealkylation sites (N-methyl/N-ethyl adjacent to an activating group) is 1. The molecule has 0 saturated carbocycles. The van der Waals surface area contributed by atoms with Gasteiger partial charge < -0.3 is 15.0 Å². The van der Waals surface area contributed by atoms with Gasteiger partial charge in [-0.15, -0.1) is 0 Å². The van der Waals surface area contributed by atoms with Gasteiger partial charge in [-0.3, -0.25) is 4.79 Å². The van der Waals surface area contributed by atoms with Gasteiger partial charge in [0.15, 0.2) is 6.10 Å². The number of nitrogens with one attached hydrogen (secondary N) is 1. The van der Waals surface area contributed by atoms with E-state index in [4.69, 9.17) is 27.9 Å². The van der Waals surface area contributed by atoms with Crippen LogP contribution in [0.2, 0.25) is 10.0 Å². The summed E-state index contributed by atoms with van der Waals surface area (Å²) >= 11 is 12.0. The summed E-state index contributed by atoms with van der Waals surface area (Å²) in [6, 6.07) is 5.41. The average molecular weight is 331 g/mol. The first-order valence-corrected chi connectivity index (χ1v) is 7.84. The number of amides is 1. The van der Waals surface area contributed by atoms with Crippen LogP contribution in [0, 0.1) is 0 Å². The zero-order valence-corrected chi connectivity index (χ0v) is 13.7. The van der Waals surface area contributed by atoms with E-state index in [1.165, 1.54) is 0 Å². The van der Waals surface area contributed by atoms with Gasteiger partial charge >= 0.3 is 0 Å². The fourth-order valence-electron chi connectivity index (χ4n) is 2.48. The molecule has 0 radical (unpaired) electrons. The predicted molar refractivity (Wildman–Crippen MR) is 85.2 cm³/mol. The Morgan fingerprint density at radius 1 is 1.38 bits per heavy atom. The Kier molecular flexibility index (Phi) is 5.73. The molecule has 0 spiro atoms. The van der Waals surface area contributed by atoms with Crippen LogP contribution >= 0.6 is 23.2 Å². The van der Waals surface area contributed by atoms with Crippen molar-refractivity contribution in [3.8, 4) is 5.75 Å². The molecule has 1 aliphatic rings. The summed E-state index contributed by atoms with van der Waals surface area (Å²) in [4.78, 5) is 14.2. The zero-order valence-electron chi connectivity index (χ0n) is 12.2. The lowest BCUT2D eigenvalue weighted by Crippen LogP contribution is -2.48. The van der Waals surface area contributed by atoms with Crippen molar-refractivity contribution in [3.63, 3.8) is 0 Å². The number of rotatable bonds is 4. The molecule has 1 heterocycles. The maximum absolute atomic E-state index is 12.4. The SMILES string of the molecule is CC(Oc1cccc(Cl)c1Cl)C(=O)N(C)C1CCNCC1. The van der Waals surface area contributed by atoms with Crippen molar-refractivity contribution in [2.75, 3.05) is 20.1 Å². The highest BCUT2D eigenvalue weighted by Gasteiger charge is 2.27. The lowest BCUT2D eigenvalue weighted by Gasteiger charge is -2.33. The highest BCUT2D eigenvalue weighted by Crippen LogP contribution is 2.32. The molecular weight excluding hydrogens is 311 g/mol. The number of carbonyl (C=O) groups excluding carboxylic acids is 1. The molecule has 1 aromatic carbocycles. The standard InChI is InChI=1S/C15H20Cl2N2O2/c1-10(21-13-5-3-4-12(16)14(13)17)15(20)19(2)11-6-8-18-9-7-11/h3-5,10-11,18H,6-9H2,1-2H3. The van der Waals surface area contributed by atoms with Gasteiger partial charge in [0.1, 0.15) is 10.8 Å². The van der Waals surface area contributed by atoms with Crippen molar-refractivity contribution < 1.29 is 9.53 Å². The Hall–Kier alpha value is -0.970. The molecule has 2 rings (SSSR count). The molecule has 4 nitrogen and oxygen atoms in total. The van der Waals surface area contributed by atoms with Gasteiger partial charge in [-0.2, -0.15) is 0 Å².